The van der Waals surface area contributed by atoms with Crippen LogP contribution >= 0.6 is 0 Å². The van der Waals surface area contributed by atoms with Gasteiger partial charge in [-0.05, 0) is 17.7 Å². The van der Waals surface area contributed by atoms with Crippen LogP contribution in [0.15, 0.2) is 30.5 Å². The van der Waals surface area contributed by atoms with Crippen molar-refractivity contribution in [1.29, 1.82) is 0 Å². The van der Waals surface area contributed by atoms with Gasteiger partial charge in [-0.2, -0.15) is 4.98 Å². The Labute approximate surface area is 121 Å². The monoisotopic (exact) mass is 289 g/mol. The maximum Gasteiger partial charge on any atom is 0.329 e. The molecule has 0 aliphatic heterocycles. The van der Waals surface area contributed by atoms with E-state index >= 15 is 0 Å². The maximum atomic E-state index is 11.0. The molecule has 0 saturated carbocycles. The zero-order chi connectivity index (χ0) is 15.2. The molecule has 0 unspecified atom stereocenters. The fraction of sp³-hybridized carbons (Fsp3) is 0.231. The van der Waals surface area contributed by atoms with E-state index < -0.39 is 4.92 Å². The van der Waals surface area contributed by atoms with Crippen LogP contribution in [0, 0.1) is 10.1 Å². The lowest BCUT2D eigenvalue weighted by Gasteiger charge is -2.08. The molecular weight excluding hydrogens is 274 g/mol. The highest BCUT2D eigenvalue weighted by atomic mass is 16.6. The summed E-state index contributed by atoms with van der Waals surface area (Å²) in [5.74, 6) is 1.21. The molecule has 8 heteroatoms. The molecule has 0 spiro atoms. The summed E-state index contributed by atoms with van der Waals surface area (Å²) in [5.41, 5.74) is 0.755. The van der Waals surface area contributed by atoms with E-state index in [1.54, 1.807) is 14.2 Å². The van der Waals surface area contributed by atoms with E-state index in [4.69, 9.17) is 4.74 Å². The predicted octanol–water partition coefficient (Wildman–Crippen LogP) is 2.05. The second kappa shape index (κ2) is 6.51. The lowest BCUT2D eigenvalue weighted by molar-refractivity contribution is -0.384. The normalized spacial score (nSPS) is 10.0. The molecule has 1 heterocycles. The van der Waals surface area contributed by atoms with E-state index in [0.29, 0.717) is 12.5 Å². The lowest BCUT2D eigenvalue weighted by Crippen LogP contribution is -2.07. The number of methoxy groups -OCH3 is 1. The summed E-state index contributed by atoms with van der Waals surface area (Å²) >= 11 is 0. The largest absolute Gasteiger partial charge is 0.497 e. The molecule has 21 heavy (non-hydrogen) atoms. The number of nitrogens with one attached hydrogen (secondary N) is 2. The molecule has 0 aliphatic rings. The molecule has 0 radical (unpaired) electrons. The van der Waals surface area contributed by atoms with Gasteiger partial charge >= 0.3 is 5.69 Å². The Morgan fingerprint density at radius 2 is 2.24 bits per heavy atom. The molecule has 2 rings (SSSR count). The fourth-order valence-electron chi connectivity index (χ4n) is 1.73. The van der Waals surface area contributed by atoms with Crippen LogP contribution in [-0.4, -0.2) is 29.0 Å². The number of hydrogen-bond acceptors (Lipinski definition) is 7. The first-order chi connectivity index (χ1) is 10.1. The van der Waals surface area contributed by atoms with Gasteiger partial charge in [0.05, 0.1) is 12.0 Å². The first kappa shape index (κ1) is 14.5. The molecule has 8 nitrogen and oxygen atoms in total. The van der Waals surface area contributed by atoms with Crippen LogP contribution in [-0.2, 0) is 6.54 Å². The average molecular weight is 289 g/mol. The third-order valence-electron chi connectivity index (χ3n) is 2.78. The van der Waals surface area contributed by atoms with Gasteiger partial charge in [-0.15, -0.1) is 0 Å². The van der Waals surface area contributed by atoms with E-state index in [1.165, 1.54) is 6.20 Å². The van der Waals surface area contributed by atoms with Crippen molar-refractivity contribution < 1.29 is 9.66 Å². The number of anilines is 2. The highest BCUT2D eigenvalue weighted by molar-refractivity contribution is 5.57. The van der Waals surface area contributed by atoms with Crippen molar-refractivity contribution in [2.24, 2.45) is 0 Å². The number of ether oxygens (including phenoxy) is 1. The smallest absolute Gasteiger partial charge is 0.329 e. The Morgan fingerprint density at radius 1 is 1.43 bits per heavy atom. The van der Waals surface area contributed by atoms with Gasteiger partial charge in [0.25, 0.3) is 0 Å². The van der Waals surface area contributed by atoms with Gasteiger partial charge in [-0.3, -0.25) is 10.1 Å². The van der Waals surface area contributed by atoms with Gasteiger partial charge in [-0.1, -0.05) is 12.1 Å². The van der Waals surface area contributed by atoms with Crippen LogP contribution in [0.4, 0.5) is 17.5 Å². The van der Waals surface area contributed by atoms with Crippen molar-refractivity contribution >= 4 is 17.5 Å². The van der Waals surface area contributed by atoms with Crippen molar-refractivity contribution in [3.05, 3.63) is 46.1 Å². The van der Waals surface area contributed by atoms with E-state index in [-0.39, 0.29) is 11.5 Å². The number of nitro groups is 1. The summed E-state index contributed by atoms with van der Waals surface area (Å²) in [6, 6.07) is 7.42. The second-order valence-corrected chi connectivity index (χ2v) is 4.14. The average Bonchev–Trinajstić information content (AvgIpc) is 2.52. The third kappa shape index (κ3) is 3.56. The molecule has 0 saturated heterocycles. The number of hydrogen-bond donors (Lipinski definition) is 2. The molecule has 2 N–H and O–H groups in total. The summed E-state index contributed by atoms with van der Waals surface area (Å²) in [6.45, 7) is 0.387. The molecule has 0 atom stereocenters. The van der Waals surface area contributed by atoms with Crippen molar-refractivity contribution in [1.82, 2.24) is 9.97 Å². The summed E-state index contributed by atoms with van der Waals surface area (Å²) in [7, 11) is 3.23. The fourth-order valence-corrected chi connectivity index (χ4v) is 1.73. The van der Waals surface area contributed by atoms with Gasteiger partial charge in [0.15, 0.2) is 0 Å². The zero-order valence-electron chi connectivity index (χ0n) is 11.7. The first-order valence-corrected chi connectivity index (χ1v) is 6.20. The molecule has 1 aromatic carbocycles. The van der Waals surface area contributed by atoms with Gasteiger partial charge in [0.1, 0.15) is 11.9 Å². The van der Waals surface area contributed by atoms with E-state index in [1.807, 2.05) is 24.3 Å². The Balaban J connectivity index is 2.19. The minimum atomic E-state index is -0.520. The molecule has 0 amide bonds. The zero-order valence-corrected chi connectivity index (χ0v) is 11.7. The molecule has 0 bridgehead atoms. The van der Waals surface area contributed by atoms with E-state index in [9.17, 15) is 10.1 Å². The maximum absolute atomic E-state index is 11.0. The Morgan fingerprint density at radius 3 is 2.90 bits per heavy atom. The molecule has 110 valence electrons. The van der Waals surface area contributed by atoms with Gasteiger partial charge < -0.3 is 15.4 Å². The Kier molecular flexibility index (Phi) is 4.50. The molecule has 0 aliphatic carbocycles. The number of nitrogens with zero attached hydrogens (tertiary/aromatic N) is 3. The van der Waals surface area contributed by atoms with Crippen molar-refractivity contribution in [3.8, 4) is 5.75 Å². The predicted molar refractivity (Wildman–Crippen MR) is 78.6 cm³/mol. The number of aromatic nitrogens is 2. The highest BCUT2D eigenvalue weighted by Gasteiger charge is 2.16. The van der Waals surface area contributed by atoms with E-state index in [2.05, 4.69) is 20.6 Å². The summed E-state index contributed by atoms with van der Waals surface area (Å²) in [4.78, 5) is 18.4. The SMILES string of the molecule is CNc1ncc([N+](=O)[O-])c(NCc2cccc(OC)c2)n1. The first-order valence-electron chi connectivity index (χ1n) is 6.20. The van der Waals surface area contributed by atoms with Crippen LogP contribution in [0.1, 0.15) is 5.56 Å². The molecular formula is C13H15N5O3. The Bertz CT molecular complexity index is 647. The topological polar surface area (TPSA) is 102 Å². The van der Waals surface area contributed by atoms with Gasteiger partial charge in [-0.25, -0.2) is 4.98 Å². The molecule has 2 aromatic rings. The summed E-state index contributed by atoms with van der Waals surface area (Å²) in [6.07, 6.45) is 1.17. The number of benzene rings is 1. The standard InChI is InChI=1S/C13H15N5O3/c1-14-13-16-8-11(18(19)20)12(17-13)15-7-9-4-3-5-10(6-9)21-2/h3-6,8H,7H2,1-2H3,(H2,14,15,16,17). The second-order valence-electron chi connectivity index (χ2n) is 4.14. The van der Waals surface area contributed by atoms with Crippen molar-refractivity contribution in [3.63, 3.8) is 0 Å². The molecule has 0 fully saturated rings. The van der Waals surface area contributed by atoms with Crippen LogP contribution in [0.25, 0.3) is 0 Å². The summed E-state index contributed by atoms with van der Waals surface area (Å²) < 4.78 is 5.13. The quantitative estimate of drug-likeness (QED) is 0.619. The van der Waals surface area contributed by atoms with Gasteiger partial charge in [0.2, 0.25) is 11.8 Å². The van der Waals surface area contributed by atoms with Crippen molar-refractivity contribution in [2.45, 2.75) is 6.54 Å². The molecule has 1 aromatic heterocycles. The minimum Gasteiger partial charge on any atom is -0.497 e. The van der Waals surface area contributed by atoms with Crippen LogP contribution in [0.3, 0.4) is 0 Å². The highest BCUT2D eigenvalue weighted by Crippen LogP contribution is 2.23. The van der Waals surface area contributed by atoms with Crippen LogP contribution in [0.2, 0.25) is 0 Å². The lowest BCUT2D eigenvalue weighted by atomic mass is 10.2. The summed E-state index contributed by atoms with van der Waals surface area (Å²) in [5, 5.41) is 16.7. The Hall–Kier alpha value is -2.90. The van der Waals surface area contributed by atoms with Gasteiger partial charge in [0, 0.05) is 13.6 Å². The minimum absolute atomic E-state index is 0.169. The van der Waals surface area contributed by atoms with Crippen molar-refractivity contribution in [2.75, 3.05) is 24.8 Å². The van der Waals surface area contributed by atoms with Crippen LogP contribution in [0.5, 0.6) is 5.75 Å². The van der Waals surface area contributed by atoms with Crippen LogP contribution < -0.4 is 15.4 Å². The van der Waals surface area contributed by atoms with E-state index in [0.717, 1.165) is 11.3 Å². The number of rotatable bonds is 6. The third-order valence-corrected chi connectivity index (χ3v) is 2.78.